The Hall–Kier alpha value is -2.74. The van der Waals surface area contributed by atoms with Gasteiger partial charge in [0.25, 0.3) is 0 Å². The second kappa shape index (κ2) is 9.27. The molecule has 5 nitrogen and oxygen atoms in total. The summed E-state index contributed by atoms with van der Waals surface area (Å²) in [5.74, 6) is 0.380. The first-order valence-corrected chi connectivity index (χ1v) is 8.30. The molecule has 3 N–H and O–H groups in total. The highest BCUT2D eigenvalue weighted by molar-refractivity contribution is 5.72. The quantitative estimate of drug-likeness (QED) is 0.656. The van der Waals surface area contributed by atoms with E-state index >= 15 is 0 Å². The Morgan fingerprint density at radius 3 is 2.44 bits per heavy atom. The molecule has 27 heavy (non-hydrogen) atoms. The molecule has 0 bridgehead atoms. The predicted octanol–water partition coefficient (Wildman–Crippen LogP) is 3.19. The minimum absolute atomic E-state index is 0.00921. The number of halogens is 3. The smallest absolute Gasteiger partial charge is 0.416 e. The maximum atomic E-state index is 12.5. The van der Waals surface area contributed by atoms with Crippen LogP contribution in [0, 0.1) is 0 Å². The van der Waals surface area contributed by atoms with Crippen LogP contribution in [0.5, 0.6) is 5.75 Å². The number of rotatable bonds is 8. The maximum Gasteiger partial charge on any atom is 0.416 e. The van der Waals surface area contributed by atoms with Gasteiger partial charge in [0.15, 0.2) is 0 Å². The number of anilines is 1. The molecule has 2 aromatic carbocycles. The van der Waals surface area contributed by atoms with E-state index in [2.05, 4.69) is 10.6 Å². The summed E-state index contributed by atoms with van der Waals surface area (Å²) in [5, 5.41) is 15.6. The number of nitrogens with one attached hydrogen (secondary N) is 2. The van der Waals surface area contributed by atoms with Crippen molar-refractivity contribution >= 4 is 11.6 Å². The van der Waals surface area contributed by atoms with Gasteiger partial charge in [-0.05, 0) is 30.3 Å². The number of aliphatic hydroxyl groups is 1. The van der Waals surface area contributed by atoms with E-state index in [1.165, 1.54) is 19.1 Å². The molecule has 146 valence electrons. The van der Waals surface area contributed by atoms with E-state index in [1.807, 2.05) is 6.07 Å². The average Bonchev–Trinajstić information content (AvgIpc) is 2.63. The summed E-state index contributed by atoms with van der Waals surface area (Å²) >= 11 is 0. The Morgan fingerprint density at radius 2 is 1.81 bits per heavy atom. The molecule has 0 fully saturated rings. The lowest BCUT2D eigenvalue weighted by Crippen LogP contribution is -2.27. The summed E-state index contributed by atoms with van der Waals surface area (Å²) in [7, 11) is 0. The molecule has 1 atom stereocenters. The molecule has 2 aromatic rings. The van der Waals surface area contributed by atoms with E-state index in [-0.39, 0.29) is 19.1 Å². The predicted molar refractivity (Wildman–Crippen MR) is 95.4 cm³/mol. The van der Waals surface area contributed by atoms with Gasteiger partial charge in [-0.15, -0.1) is 0 Å². The third kappa shape index (κ3) is 6.82. The lowest BCUT2D eigenvalue weighted by atomic mass is 10.2. The average molecular weight is 382 g/mol. The van der Waals surface area contributed by atoms with E-state index in [0.717, 1.165) is 17.7 Å². The summed E-state index contributed by atoms with van der Waals surface area (Å²) in [6.45, 7) is 1.83. The molecule has 0 saturated heterocycles. The molecule has 1 unspecified atom stereocenters. The molecule has 0 aliphatic carbocycles. The highest BCUT2D eigenvalue weighted by Crippen LogP contribution is 2.29. The van der Waals surface area contributed by atoms with Crippen molar-refractivity contribution in [3.05, 3.63) is 59.7 Å². The monoisotopic (exact) mass is 382 g/mol. The standard InChI is InChI=1S/C19H21F3N2O3/c1-13(25)23-10-14-4-2-3-5-18(14)27-12-17(26)11-24-16-8-6-15(7-9-16)19(20,21)22/h2-9,17,24,26H,10-12H2,1H3,(H,23,25). The molecular formula is C19H21F3N2O3. The number of para-hydroxylation sites is 1. The normalized spacial score (nSPS) is 12.3. The highest BCUT2D eigenvalue weighted by atomic mass is 19.4. The van der Waals surface area contributed by atoms with Crippen molar-refractivity contribution in [3.63, 3.8) is 0 Å². The van der Waals surface area contributed by atoms with Crippen LogP contribution in [0.25, 0.3) is 0 Å². The number of hydrogen-bond donors (Lipinski definition) is 3. The first-order chi connectivity index (χ1) is 12.8. The van der Waals surface area contributed by atoms with Crippen LogP contribution in [-0.4, -0.2) is 30.3 Å². The van der Waals surface area contributed by atoms with Crippen molar-refractivity contribution in [3.8, 4) is 5.75 Å². The summed E-state index contributed by atoms with van der Waals surface area (Å²) in [5.41, 5.74) is 0.511. The van der Waals surface area contributed by atoms with Gasteiger partial charge < -0.3 is 20.5 Å². The molecule has 2 rings (SSSR count). The molecule has 1 amide bonds. The fourth-order valence-electron chi connectivity index (χ4n) is 2.27. The molecule has 0 aliphatic heterocycles. The van der Waals surface area contributed by atoms with E-state index in [1.54, 1.807) is 18.2 Å². The SMILES string of the molecule is CC(=O)NCc1ccccc1OCC(O)CNc1ccc(C(F)(F)F)cc1. The van der Waals surface area contributed by atoms with E-state index < -0.39 is 17.8 Å². The molecule has 0 saturated carbocycles. The molecule has 8 heteroatoms. The first kappa shape index (κ1) is 20.6. The van der Waals surface area contributed by atoms with Crippen molar-refractivity contribution < 1.29 is 27.8 Å². The Morgan fingerprint density at radius 1 is 1.15 bits per heavy atom. The van der Waals surface area contributed by atoms with Gasteiger partial charge in [-0.2, -0.15) is 13.2 Å². The summed E-state index contributed by atoms with van der Waals surface area (Å²) < 4.78 is 43.2. The minimum Gasteiger partial charge on any atom is -0.490 e. The number of hydrogen-bond acceptors (Lipinski definition) is 4. The number of ether oxygens (including phenoxy) is 1. The van der Waals surface area contributed by atoms with Crippen LogP contribution in [0.1, 0.15) is 18.1 Å². The van der Waals surface area contributed by atoms with E-state index in [9.17, 15) is 23.1 Å². The number of carbonyl (C=O) groups is 1. The number of carbonyl (C=O) groups excluding carboxylic acids is 1. The largest absolute Gasteiger partial charge is 0.490 e. The van der Waals surface area contributed by atoms with Crippen LogP contribution in [0.15, 0.2) is 48.5 Å². The van der Waals surface area contributed by atoms with E-state index in [0.29, 0.717) is 18.0 Å². The van der Waals surface area contributed by atoms with Gasteiger partial charge in [0.2, 0.25) is 5.91 Å². The van der Waals surface area contributed by atoms with Crippen LogP contribution in [-0.2, 0) is 17.5 Å². The van der Waals surface area contributed by atoms with Crippen LogP contribution in [0.2, 0.25) is 0 Å². The van der Waals surface area contributed by atoms with Gasteiger partial charge in [-0.25, -0.2) is 0 Å². The van der Waals surface area contributed by atoms with Crippen LogP contribution in [0.3, 0.4) is 0 Å². The fourth-order valence-corrected chi connectivity index (χ4v) is 2.27. The Labute approximate surface area is 155 Å². The number of aliphatic hydroxyl groups excluding tert-OH is 1. The highest BCUT2D eigenvalue weighted by Gasteiger charge is 2.29. The number of alkyl halides is 3. The zero-order valence-electron chi connectivity index (χ0n) is 14.7. The molecule has 0 aromatic heterocycles. The topological polar surface area (TPSA) is 70.6 Å². The van der Waals surface area contributed by atoms with Gasteiger partial charge in [0.05, 0.1) is 5.56 Å². The van der Waals surface area contributed by atoms with Crippen LogP contribution >= 0.6 is 0 Å². The van der Waals surface area contributed by atoms with Crippen LogP contribution < -0.4 is 15.4 Å². The Kier molecular flexibility index (Phi) is 7.06. The lowest BCUT2D eigenvalue weighted by molar-refractivity contribution is -0.137. The molecular weight excluding hydrogens is 361 g/mol. The van der Waals surface area contributed by atoms with Crippen molar-refractivity contribution in [1.29, 1.82) is 0 Å². The Balaban J connectivity index is 1.83. The summed E-state index contributed by atoms with van der Waals surface area (Å²) in [6, 6.07) is 11.7. The molecule has 0 heterocycles. The van der Waals surface area contributed by atoms with Gasteiger partial charge in [-0.3, -0.25) is 4.79 Å². The summed E-state index contributed by atoms with van der Waals surface area (Å²) in [6.07, 6.45) is -5.25. The first-order valence-electron chi connectivity index (χ1n) is 8.30. The lowest BCUT2D eigenvalue weighted by Gasteiger charge is -2.16. The van der Waals surface area contributed by atoms with Crippen molar-refractivity contribution in [2.75, 3.05) is 18.5 Å². The molecule has 0 aliphatic rings. The molecule has 0 spiro atoms. The van der Waals surface area contributed by atoms with Crippen molar-refractivity contribution in [1.82, 2.24) is 5.32 Å². The fraction of sp³-hybridized carbons (Fsp3) is 0.316. The van der Waals surface area contributed by atoms with Gasteiger partial charge >= 0.3 is 6.18 Å². The number of benzene rings is 2. The van der Waals surface area contributed by atoms with Gasteiger partial charge in [0, 0.05) is 31.3 Å². The second-order valence-electron chi connectivity index (χ2n) is 5.94. The van der Waals surface area contributed by atoms with Crippen LogP contribution in [0.4, 0.5) is 18.9 Å². The van der Waals surface area contributed by atoms with Gasteiger partial charge in [-0.1, -0.05) is 18.2 Å². The van der Waals surface area contributed by atoms with Crippen molar-refractivity contribution in [2.24, 2.45) is 0 Å². The zero-order valence-corrected chi connectivity index (χ0v) is 14.7. The maximum absolute atomic E-state index is 12.5. The molecule has 0 radical (unpaired) electrons. The Bertz CT molecular complexity index is 749. The minimum atomic E-state index is -4.38. The third-order valence-electron chi connectivity index (χ3n) is 3.69. The van der Waals surface area contributed by atoms with E-state index in [4.69, 9.17) is 4.74 Å². The number of amides is 1. The zero-order chi connectivity index (χ0) is 19.9. The van der Waals surface area contributed by atoms with Crippen molar-refractivity contribution in [2.45, 2.75) is 25.7 Å². The van der Waals surface area contributed by atoms with Gasteiger partial charge in [0.1, 0.15) is 18.5 Å². The third-order valence-corrected chi connectivity index (χ3v) is 3.69. The summed E-state index contributed by atoms with van der Waals surface area (Å²) in [4.78, 5) is 11.0. The second-order valence-corrected chi connectivity index (χ2v) is 5.94.